The van der Waals surface area contributed by atoms with Crippen LogP contribution in [0.2, 0.25) is 0 Å². The fraction of sp³-hybridized carbons (Fsp3) is 0.600. The van der Waals surface area contributed by atoms with E-state index in [4.69, 9.17) is 9.47 Å². The lowest BCUT2D eigenvalue weighted by Crippen LogP contribution is -2.19. The lowest BCUT2D eigenvalue weighted by Gasteiger charge is -2.18. The van der Waals surface area contributed by atoms with E-state index in [2.05, 4.69) is 38.2 Å². The zero-order chi connectivity index (χ0) is 13.5. The van der Waals surface area contributed by atoms with E-state index in [1.54, 1.807) is 7.11 Å². The zero-order valence-electron chi connectivity index (χ0n) is 12.2. The summed E-state index contributed by atoms with van der Waals surface area (Å²) in [5.74, 6) is 0.986. The van der Waals surface area contributed by atoms with Gasteiger partial charge < -0.3 is 14.8 Å². The average molecular weight is 251 g/mol. The summed E-state index contributed by atoms with van der Waals surface area (Å²) in [7, 11) is 1.69. The van der Waals surface area contributed by atoms with Gasteiger partial charge in [-0.3, -0.25) is 0 Å². The molecule has 3 nitrogen and oxygen atoms in total. The van der Waals surface area contributed by atoms with Crippen molar-refractivity contribution in [1.29, 1.82) is 0 Å². The Labute approximate surface area is 110 Å². The molecule has 18 heavy (non-hydrogen) atoms. The Morgan fingerprint density at radius 1 is 1.22 bits per heavy atom. The molecule has 1 unspecified atom stereocenters. The Kier molecular flexibility index (Phi) is 6.16. The molecule has 3 heteroatoms. The van der Waals surface area contributed by atoms with Gasteiger partial charge in [0.25, 0.3) is 0 Å². The molecule has 1 N–H and O–H groups in total. The summed E-state index contributed by atoms with van der Waals surface area (Å²) in [5.41, 5.74) is 3.68. The van der Waals surface area contributed by atoms with Gasteiger partial charge in [-0.15, -0.1) is 0 Å². The molecule has 0 aliphatic rings. The van der Waals surface area contributed by atoms with Gasteiger partial charge >= 0.3 is 0 Å². The van der Waals surface area contributed by atoms with Crippen LogP contribution >= 0.6 is 0 Å². The van der Waals surface area contributed by atoms with Gasteiger partial charge in [0.2, 0.25) is 0 Å². The van der Waals surface area contributed by atoms with E-state index in [-0.39, 0.29) is 6.10 Å². The zero-order valence-corrected chi connectivity index (χ0v) is 12.2. The van der Waals surface area contributed by atoms with Crippen LogP contribution in [0.1, 0.15) is 30.5 Å². The van der Waals surface area contributed by atoms with Crippen molar-refractivity contribution in [2.45, 2.75) is 40.3 Å². The SMILES string of the molecule is CCNCc1cc(C)c(OC(C)COC)c(C)c1. The molecule has 0 saturated heterocycles. The molecule has 1 atom stereocenters. The third-order valence-electron chi connectivity index (χ3n) is 2.82. The van der Waals surface area contributed by atoms with Gasteiger partial charge in [0.1, 0.15) is 11.9 Å². The van der Waals surface area contributed by atoms with Gasteiger partial charge in [0, 0.05) is 13.7 Å². The molecule has 102 valence electrons. The van der Waals surface area contributed by atoms with Crippen molar-refractivity contribution in [3.8, 4) is 5.75 Å². The number of benzene rings is 1. The minimum atomic E-state index is 0.0759. The monoisotopic (exact) mass is 251 g/mol. The average Bonchev–Trinajstić information content (AvgIpc) is 2.31. The largest absolute Gasteiger partial charge is 0.488 e. The minimum absolute atomic E-state index is 0.0759. The Bertz CT molecular complexity index is 354. The van der Waals surface area contributed by atoms with Crippen LogP contribution in [0.15, 0.2) is 12.1 Å². The van der Waals surface area contributed by atoms with Gasteiger partial charge in [-0.25, -0.2) is 0 Å². The van der Waals surface area contributed by atoms with Crippen molar-refractivity contribution in [3.63, 3.8) is 0 Å². The number of aryl methyl sites for hydroxylation is 2. The maximum absolute atomic E-state index is 5.93. The van der Waals surface area contributed by atoms with E-state index in [0.29, 0.717) is 6.61 Å². The first-order valence-corrected chi connectivity index (χ1v) is 6.54. The molecule has 0 fully saturated rings. The third kappa shape index (κ3) is 4.31. The predicted molar refractivity (Wildman–Crippen MR) is 75.3 cm³/mol. The molecule has 0 aliphatic carbocycles. The van der Waals surface area contributed by atoms with Crippen molar-refractivity contribution in [2.24, 2.45) is 0 Å². The van der Waals surface area contributed by atoms with Crippen LogP contribution in [0.3, 0.4) is 0 Å². The number of methoxy groups -OCH3 is 1. The van der Waals surface area contributed by atoms with Crippen molar-refractivity contribution < 1.29 is 9.47 Å². The number of rotatable bonds is 7. The van der Waals surface area contributed by atoms with E-state index in [9.17, 15) is 0 Å². The highest BCUT2D eigenvalue weighted by Gasteiger charge is 2.10. The number of nitrogens with one attached hydrogen (secondary N) is 1. The summed E-state index contributed by atoms with van der Waals surface area (Å²) >= 11 is 0. The van der Waals surface area contributed by atoms with Crippen molar-refractivity contribution in [3.05, 3.63) is 28.8 Å². The normalized spacial score (nSPS) is 12.5. The fourth-order valence-electron chi connectivity index (χ4n) is 2.07. The first-order valence-electron chi connectivity index (χ1n) is 6.54. The lowest BCUT2D eigenvalue weighted by molar-refractivity contribution is 0.0911. The first-order chi connectivity index (χ1) is 8.58. The summed E-state index contributed by atoms with van der Waals surface area (Å²) in [5, 5.41) is 3.34. The molecule has 0 saturated carbocycles. The molecular weight excluding hydrogens is 226 g/mol. The van der Waals surface area contributed by atoms with Gasteiger partial charge in [-0.05, 0) is 44.0 Å². The molecule has 1 aromatic rings. The quantitative estimate of drug-likeness (QED) is 0.808. The van der Waals surface area contributed by atoms with Crippen LogP contribution in [-0.2, 0) is 11.3 Å². The molecule has 1 rings (SSSR count). The molecule has 0 radical (unpaired) electrons. The van der Waals surface area contributed by atoms with Crippen molar-refractivity contribution >= 4 is 0 Å². The molecule has 1 aromatic carbocycles. The summed E-state index contributed by atoms with van der Waals surface area (Å²) in [6.45, 7) is 10.8. The molecule has 0 aliphatic heterocycles. The smallest absolute Gasteiger partial charge is 0.125 e. The standard InChI is InChI=1S/C15H25NO2/c1-6-16-9-14-7-11(2)15(12(3)8-14)18-13(4)10-17-5/h7-8,13,16H,6,9-10H2,1-5H3. The predicted octanol–water partition coefficient (Wildman–Crippen LogP) is 2.83. The second-order valence-electron chi connectivity index (χ2n) is 4.72. The maximum atomic E-state index is 5.93. The van der Waals surface area contributed by atoms with Crippen LogP contribution in [0.25, 0.3) is 0 Å². The Morgan fingerprint density at radius 3 is 2.33 bits per heavy atom. The highest BCUT2D eigenvalue weighted by molar-refractivity contribution is 5.43. The number of hydrogen-bond acceptors (Lipinski definition) is 3. The molecular formula is C15H25NO2. The Morgan fingerprint density at radius 2 is 1.83 bits per heavy atom. The van der Waals surface area contributed by atoms with Crippen molar-refractivity contribution in [2.75, 3.05) is 20.3 Å². The van der Waals surface area contributed by atoms with Crippen molar-refractivity contribution in [1.82, 2.24) is 5.32 Å². The topological polar surface area (TPSA) is 30.5 Å². The van der Waals surface area contributed by atoms with Crippen LogP contribution < -0.4 is 10.1 Å². The third-order valence-corrected chi connectivity index (χ3v) is 2.82. The van der Waals surface area contributed by atoms with E-state index in [0.717, 1.165) is 18.8 Å². The van der Waals surface area contributed by atoms with E-state index in [1.165, 1.54) is 16.7 Å². The fourth-order valence-corrected chi connectivity index (χ4v) is 2.07. The molecule has 0 bridgehead atoms. The summed E-state index contributed by atoms with van der Waals surface area (Å²) in [4.78, 5) is 0. The molecule has 0 aromatic heterocycles. The highest BCUT2D eigenvalue weighted by atomic mass is 16.5. The maximum Gasteiger partial charge on any atom is 0.125 e. The van der Waals surface area contributed by atoms with Crippen LogP contribution in [0, 0.1) is 13.8 Å². The minimum Gasteiger partial charge on any atom is -0.488 e. The van der Waals surface area contributed by atoms with Gasteiger partial charge in [0.15, 0.2) is 0 Å². The lowest BCUT2D eigenvalue weighted by atomic mass is 10.1. The van der Waals surface area contributed by atoms with Crippen LogP contribution in [-0.4, -0.2) is 26.4 Å². The number of ether oxygens (including phenoxy) is 2. The molecule has 0 amide bonds. The molecule has 0 spiro atoms. The van der Waals surface area contributed by atoms with Crippen LogP contribution in [0.5, 0.6) is 5.75 Å². The first kappa shape index (κ1) is 15.0. The Hall–Kier alpha value is -1.06. The second-order valence-corrected chi connectivity index (χ2v) is 4.72. The molecule has 0 heterocycles. The van der Waals surface area contributed by atoms with E-state index in [1.807, 2.05) is 6.92 Å². The number of hydrogen-bond donors (Lipinski definition) is 1. The van der Waals surface area contributed by atoms with E-state index < -0.39 is 0 Å². The second kappa shape index (κ2) is 7.39. The Balaban J connectivity index is 2.80. The van der Waals surface area contributed by atoms with Gasteiger partial charge in [-0.1, -0.05) is 19.1 Å². The highest BCUT2D eigenvalue weighted by Crippen LogP contribution is 2.25. The van der Waals surface area contributed by atoms with Gasteiger partial charge in [-0.2, -0.15) is 0 Å². The summed E-state index contributed by atoms with van der Waals surface area (Å²) < 4.78 is 11.0. The summed E-state index contributed by atoms with van der Waals surface area (Å²) in [6.07, 6.45) is 0.0759. The summed E-state index contributed by atoms with van der Waals surface area (Å²) in [6, 6.07) is 4.37. The van der Waals surface area contributed by atoms with E-state index >= 15 is 0 Å². The van der Waals surface area contributed by atoms with Crippen LogP contribution in [0.4, 0.5) is 0 Å². The van der Waals surface area contributed by atoms with Gasteiger partial charge in [0.05, 0.1) is 6.61 Å².